The van der Waals surface area contributed by atoms with Gasteiger partial charge in [-0.25, -0.2) is 0 Å². The van der Waals surface area contributed by atoms with Crippen molar-refractivity contribution in [2.24, 2.45) is 0 Å². The first-order valence-corrected chi connectivity index (χ1v) is 6.56. The number of ether oxygens (including phenoxy) is 2. The van der Waals surface area contributed by atoms with E-state index in [0.717, 1.165) is 0 Å². The standard InChI is InChI=1S/C14H19NO5/c16-6-9-20-14(5-8-18-11-14)10-15-13(17)4-3-12-2-1-7-19-12/h1-4,7,16H,5-6,8-11H2,(H,15,17). The highest BCUT2D eigenvalue weighted by Crippen LogP contribution is 2.22. The van der Waals surface area contributed by atoms with Gasteiger partial charge in [-0.2, -0.15) is 0 Å². The molecule has 2 rings (SSSR count). The maximum atomic E-state index is 11.7. The van der Waals surface area contributed by atoms with Crippen LogP contribution in [0.3, 0.4) is 0 Å². The zero-order chi connectivity index (χ0) is 14.3. The highest BCUT2D eigenvalue weighted by atomic mass is 16.6. The zero-order valence-corrected chi connectivity index (χ0v) is 11.2. The normalized spacial score (nSPS) is 22.4. The molecule has 6 heteroatoms. The summed E-state index contributed by atoms with van der Waals surface area (Å²) < 4.78 is 16.0. The second kappa shape index (κ2) is 7.23. The molecule has 1 aromatic rings. The van der Waals surface area contributed by atoms with Crippen LogP contribution in [-0.2, 0) is 14.3 Å². The molecule has 0 aliphatic carbocycles. The minimum Gasteiger partial charge on any atom is -0.465 e. The van der Waals surface area contributed by atoms with Gasteiger partial charge < -0.3 is 24.3 Å². The quantitative estimate of drug-likeness (QED) is 0.714. The van der Waals surface area contributed by atoms with E-state index in [-0.39, 0.29) is 19.1 Å². The molecule has 1 fully saturated rings. The van der Waals surface area contributed by atoms with Crippen molar-refractivity contribution in [1.29, 1.82) is 0 Å². The van der Waals surface area contributed by atoms with Crippen LogP contribution in [0.5, 0.6) is 0 Å². The van der Waals surface area contributed by atoms with Gasteiger partial charge in [0.15, 0.2) is 0 Å². The Morgan fingerprint density at radius 1 is 1.60 bits per heavy atom. The van der Waals surface area contributed by atoms with Crippen LogP contribution < -0.4 is 5.32 Å². The third-order valence-electron chi connectivity index (χ3n) is 3.09. The molecule has 1 amide bonds. The van der Waals surface area contributed by atoms with Crippen molar-refractivity contribution < 1.29 is 23.8 Å². The largest absolute Gasteiger partial charge is 0.465 e. The van der Waals surface area contributed by atoms with E-state index in [1.54, 1.807) is 24.5 Å². The van der Waals surface area contributed by atoms with Gasteiger partial charge in [0, 0.05) is 25.6 Å². The number of furan rings is 1. The molecule has 1 unspecified atom stereocenters. The van der Waals surface area contributed by atoms with Crippen LogP contribution in [0, 0.1) is 0 Å². The van der Waals surface area contributed by atoms with Crippen LogP contribution in [0.25, 0.3) is 6.08 Å². The van der Waals surface area contributed by atoms with Crippen LogP contribution in [0.15, 0.2) is 28.9 Å². The van der Waals surface area contributed by atoms with Crippen LogP contribution in [-0.4, -0.2) is 49.6 Å². The molecule has 0 spiro atoms. The molecule has 0 saturated carbocycles. The van der Waals surface area contributed by atoms with E-state index < -0.39 is 5.60 Å². The molecular weight excluding hydrogens is 262 g/mol. The maximum Gasteiger partial charge on any atom is 0.244 e. The molecule has 1 aliphatic rings. The highest BCUT2D eigenvalue weighted by Gasteiger charge is 2.36. The lowest BCUT2D eigenvalue weighted by Gasteiger charge is -2.27. The molecule has 1 aromatic heterocycles. The third kappa shape index (κ3) is 4.19. The van der Waals surface area contributed by atoms with Gasteiger partial charge in [0.1, 0.15) is 11.4 Å². The van der Waals surface area contributed by atoms with E-state index >= 15 is 0 Å². The summed E-state index contributed by atoms with van der Waals surface area (Å²) in [5, 5.41) is 11.6. The first kappa shape index (κ1) is 14.8. The molecule has 1 aliphatic heterocycles. The summed E-state index contributed by atoms with van der Waals surface area (Å²) >= 11 is 0. The number of hydrogen-bond donors (Lipinski definition) is 2. The minimum atomic E-state index is -0.531. The van der Waals surface area contributed by atoms with Crippen LogP contribution >= 0.6 is 0 Å². The van der Waals surface area contributed by atoms with Crippen molar-refractivity contribution in [3.05, 3.63) is 30.2 Å². The molecule has 0 bridgehead atoms. The number of carbonyl (C=O) groups is 1. The van der Waals surface area contributed by atoms with Crippen LogP contribution in [0.2, 0.25) is 0 Å². The van der Waals surface area contributed by atoms with Crippen molar-refractivity contribution in [1.82, 2.24) is 5.32 Å². The fourth-order valence-corrected chi connectivity index (χ4v) is 2.01. The fourth-order valence-electron chi connectivity index (χ4n) is 2.01. The van der Waals surface area contributed by atoms with Crippen molar-refractivity contribution >= 4 is 12.0 Å². The van der Waals surface area contributed by atoms with Gasteiger partial charge >= 0.3 is 0 Å². The fraction of sp³-hybridized carbons (Fsp3) is 0.500. The van der Waals surface area contributed by atoms with Crippen LogP contribution in [0.1, 0.15) is 12.2 Å². The number of hydrogen-bond acceptors (Lipinski definition) is 5. The van der Waals surface area contributed by atoms with Gasteiger partial charge in [0.2, 0.25) is 5.91 Å². The van der Waals surface area contributed by atoms with Crippen molar-refractivity contribution in [3.8, 4) is 0 Å². The average molecular weight is 281 g/mol. The van der Waals surface area contributed by atoms with E-state index in [4.69, 9.17) is 19.0 Å². The van der Waals surface area contributed by atoms with Gasteiger partial charge in [-0.05, 0) is 18.2 Å². The average Bonchev–Trinajstić information content (AvgIpc) is 3.13. The highest BCUT2D eigenvalue weighted by molar-refractivity contribution is 5.91. The maximum absolute atomic E-state index is 11.7. The van der Waals surface area contributed by atoms with E-state index in [2.05, 4.69) is 5.32 Å². The SMILES string of the molecule is O=C(C=Cc1ccco1)NCC1(OCCO)CCOC1. The predicted octanol–water partition coefficient (Wildman–Crippen LogP) is 0.577. The Morgan fingerprint density at radius 3 is 3.15 bits per heavy atom. The number of amides is 1. The Hall–Kier alpha value is -1.63. The molecule has 2 N–H and O–H groups in total. The Balaban J connectivity index is 1.81. The van der Waals surface area contributed by atoms with E-state index in [0.29, 0.717) is 31.9 Å². The summed E-state index contributed by atoms with van der Waals surface area (Å²) in [6.45, 7) is 1.57. The first-order valence-electron chi connectivity index (χ1n) is 6.56. The number of aliphatic hydroxyl groups is 1. The summed E-state index contributed by atoms with van der Waals surface area (Å²) in [5.74, 6) is 0.399. The molecule has 20 heavy (non-hydrogen) atoms. The van der Waals surface area contributed by atoms with Gasteiger partial charge in [0.25, 0.3) is 0 Å². The second-order valence-electron chi connectivity index (χ2n) is 4.62. The molecule has 110 valence electrons. The van der Waals surface area contributed by atoms with E-state index in [9.17, 15) is 4.79 Å². The van der Waals surface area contributed by atoms with Crippen molar-refractivity contribution in [2.45, 2.75) is 12.0 Å². The number of rotatable bonds is 7. The van der Waals surface area contributed by atoms with Crippen molar-refractivity contribution in [3.63, 3.8) is 0 Å². The smallest absolute Gasteiger partial charge is 0.244 e. The first-order chi connectivity index (χ1) is 9.74. The van der Waals surface area contributed by atoms with Gasteiger partial charge in [-0.3, -0.25) is 4.79 Å². The molecule has 6 nitrogen and oxygen atoms in total. The van der Waals surface area contributed by atoms with Crippen molar-refractivity contribution in [2.75, 3.05) is 33.0 Å². The monoisotopic (exact) mass is 281 g/mol. The lowest BCUT2D eigenvalue weighted by atomic mass is 10.0. The zero-order valence-electron chi connectivity index (χ0n) is 11.2. The summed E-state index contributed by atoms with van der Waals surface area (Å²) in [5.41, 5.74) is -0.531. The number of aliphatic hydroxyl groups excluding tert-OH is 1. The number of nitrogens with one attached hydrogen (secondary N) is 1. The molecule has 0 radical (unpaired) electrons. The Morgan fingerprint density at radius 2 is 2.50 bits per heavy atom. The predicted molar refractivity (Wildman–Crippen MR) is 72.0 cm³/mol. The van der Waals surface area contributed by atoms with Crippen LogP contribution in [0.4, 0.5) is 0 Å². The third-order valence-corrected chi connectivity index (χ3v) is 3.09. The van der Waals surface area contributed by atoms with E-state index in [1.165, 1.54) is 6.08 Å². The van der Waals surface area contributed by atoms with Gasteiger partial charge in [-0.15, -0.1) is 0 Å². The topological polar surface area (TPSA) is 80.9 Å². The summed E-state index contributed by atoms with van der Waals surface area (Å²) in [4.78, 5) is 11.7. The second-order valence-corrected chi connectivity index (χ2v) is 4.62. The molecule has 0 aromatic carbocycles. The minimum absolute atomic E-state index is 0.0475. The Kier molecular flexibility index (Phi) is 5.34. The van der Waals surface area contributed by atoms with E-state index in [1.807, 2.05) is 0 Å². The molecular formula is C14H19NO5. The Labute approximate surface area is 117 Å². The lowest BCUT2D eigenvalue weighted by Crippen LogP contribution is -2.45. The summed E-state index contributed by atoms with van der Waals surface area (Å²) in [6.07, 6.45) is 5.26. The lowest BCUT2D eigenvalue weighted by molar-refractivity contribution is -0.119. The molecule has 1 saturated heterocycles. The summed E-state index contributed by atoms with van der Waals surface area (Å²) in [7, 11) is 0. The molecule has 1 atom stereocenters. The van der Waals surface area contributed by atoms with Gasteiger partial charge in [0.05, 0.1) is 26.1 Å². The number of carbonyl (C=O) groups excluding carboxylic acids is 1. The van der Waals surface area contributed by atoms with Gasteiger partial charge in [-0.1, -0.05) is 0 Å². The molecule has 2 heterocycles. The Bertz CT molecular complexity index is 434. The summed E-state index contributed by atoms with van der Waals surface area (Å²) in [6, 6.07) is 3.52.